The van der Waals surface area contributed by atoms with Gasteiger partial charge in [-0.25, -0.2) is 0 Å². The van der Waals surface area contributed by atoms with Crippen LogP contribution < -0.4 is 10.6 Å². The summed E-state index contributed by atoms with van der Waals surface area (Å²) in [6, 6.07) is 7.43. The highest BCUT2D eigenvalue weighted by molar-refractivity contribution is 5.95. The van der Waals surface area contributed by atoms with Crippen molar-refractivity contribution in [2.24, 2.45) is 0 Å². The van der Waals surface area contributed by atoms with Gasteiger partial charge in [0.1, 0.15) is 11.4 Å². The third kappa shape index (κ3) is 3.19. The molecule has 0 fully saturated rings. The van der Waals surface area contributed by atoms with Crippen molar-refractivity contribution >= 4 is 17.3 Å². The van der Waals surface area contributed by atoms with E-state index in [1.54, 1.807) is 26.1 Å². The minimum Gasteiger partial charge on any atom is -0.467 e. The van der Waals surface area contributed by atoms with Crippen molar-refractivity contribution in [3.8, 4) is 0 Å². The van der Waals surface area contributed by atoms with Gasteiger partial charge in [0.05, 0.1) is 17.2 Å². The molecule has 7 heteroatoms. The Bertz CT molecular complexity index is 652. The Morgan fingerprint density at radius 2 is 2.14 bits per heavy atom. The summed E-state index contributed by atoms with van der Waals surface area (Å²) < 4.78 is 5.20. The molecule has 0 radical (unpaired) electrons. The third-order valence-electron chi connectivity index (χ3n) is 3.04. The number of carbonyl (C=O) groups excluding carboxylic acids is 1. The molecule has 0 spiro atoms. The molecule has 0 unspecified atom stereocenters. The number of furan rings is 1. The normalized spacial score (nSPS) is 11.7. The van der Waals surface area contributed by atoms with Crippen molar-refractivity contribution < 1.29 is 14.1 Å². The first-order valence-electron chi connectivity index (χ1n) is 6.33. The number of nitrogens with one attached hydrogen (secondary N) is 2. The maximum atomic E-state index is 12.1. The fourth-order valence-electron chi connectivity index (χ4n) is 1.92. The molecule has 21 heavy (non-hydrogen) atoms. The number of hydrogen-bond acceptors (Lipinski definition) is 5. The molecule has 1 aromatic carbocycles. The Kier molecular flexibility index (Phi) is 4.22. The largest absolute Gasteiger partial charge is 0.467 e. The van der Waals surface area contributed by atoms with E-state index in [4.69, 9.17) is 4.42 Å². The average Bonchev–Trinajstić information content (AvgIpc) is 3.00. The van der Waals surface area contributed by atoms with Gasteiger partial charge in [0, 0.05) is 18.7 Å². The maximum absolute atomic E-state index is 12.1. The molecule has 1 atom stereocenters. The zero-order valence-corrected chi connectivity index (χ0v) is 11.6. The second-order valence-corrected chi connectivity index (χ2v) is 4.45. The second kappa shape index (κ2) is 6.08. The molecule has 2 rings (SSSR count). The van der Waals surface area contributed by atoms with Crippen molar-refractivity contribution in [2.75, 3.05) is 12.4 Å². The van der Waals surface area contributed by atoms with Gasteiger partial charge in [0.15, 0.2) is 0 Å². The maximum Gasteiger partial charge on any atom is 0.293 e. The van der Waals surface area contributed by atoms with Crippen molar-refractivity contribution in [1.82, 2.24) is 5.32 Å². The summed E-state index contributed by atoms with van der Waals surface area (Å²) in [7, 11) is 1.58. The van der Waals surface area contributed by atoms with E-state index in [9.17, 15) is 14.9 Å². The summed E-state index contributed by atoms with van der Waals surface area (Å²) in [5.74, 6) is 0.217. The van der Waals surface area contributed by atoms with E-state index in [1.807, 2.05) is 0 Å². The topological polar surface area (TPSA) is 97.4 Å². The lowest BCUT2D eigenvalue weighted by molar-refractivity contribution is -0.384. The van der Waals surface area contributed by atoms with Gasteiger partial charge in [-0.1, -0.05) is 0 Å². The van der Waals surface area contributed by atoms with Crippen molar-refractivity contribution in [3.05, 3.63) is 58.0 Å². The molecule has 0 bridgehead atoms. The summed E-state index contributed by atoms with van der Waals surface area (Å²) >= 11 is 0. The van der Waals surface area contributed by atoms with Gasteiger partial charge in [-0.15, -0.1) is 0 Å². The molecule has 0 saturated carbocycles. The molecule has 0 aliphatic carbocycles. The van der Waals surface area contributed by atoms with Crippen LogP contribution in [-0.4, -0.2) is 17.9 Å². The molecule has 2 aromatic rings. The first-order chi connectivity index (χ1) is 10.0. The van der Waals surface area contributed by atoms with Crippen LogP contribution in [0.15, 0.2) is 41.0 Å². The first kappa shape index (κ1) is 14.6. The van der Waals surface area contributed by atoms with Crippen LogP contribution >= 0.6 is 0 Å². The molecule has 0 aliphatic rings. The van der Waals surface area contributed by atoms with Crippen LogP contribution in [0.4, 0.5) is 11.4 Å². The Hall–Kier alpha value is -2.83. The van der Waals surface area contributed by atoms with Gasteiger partial charge < -0.3 is 15.1 Å². The molecule has 0 saturated heterocycles. The molecule has 1 heterocycles. The van der Waals surface area contributed by atoms with Gasteiger partial charge in [-0.3, -0.25) is 14.9 Å². The van der Waals surface area contributed by atoms with E-state index in [2.05, 4.69) is 10.6 Å². The monoisotopic (exact) mass is 289 g/mol. The first-order valence-corrected chi connectivity index (χ1v) is 6.33. The molecule has 2 N–H and O–H groups in total. The summed E-state index contributed by atoms with van der Waals surface area (Å²) in [5, 5.41) is 16.4. The van der Waals surface area contributed by atoms with Crippen LogP contribution in [0, 0.1) is 10.1 Å². The second-order valence-electron chi connectivity index (χ2n) is 4.45. The predicted octanol–water partition coefficient (Wildman–Crippen LogP) is 2.72. The van der Waals surface area contributed by atoms with Gasteiger partial charge in [0.25, 0.3) is 11.6 Å². The number of carbonyl (C=O) groups is 1. The number of rotatable bonds is 5. The van der Waals surface area contributed by atoms with Crippen LogP contribution in [0.25, 0.3) is 0 Å². The van der Waals surface area contributed by atoms with E-state index in [0.29, 0.717) is 11.4 Å². The van der Waals surface area contributed by atoms with Crippen LogP contribution in [0.5, 0.6) is 0 Å². The van der Waals surface area contributed by atoms with Crippen molar-refractivity contribution in [3.63, 3.8) is 0 Å². The van der Waals surface area contributed by atoms with Crippen LogP contribution in [0.1, 0.15) is 29.1 Å². The molecule has 1 aromatic heterocycles. The number of nitro benzene ring substituents is 1. The van der Waals surface area contributed by atoms with E-state index in [0.717, 1.165) is 0 Å². The summed E-state index contributed by atoms with van der Waals surface area (Å²) in [4.78, 5) is 22.6. The SMILES string of the molecule is CNc1ccc(C(=O)N[C@@H](C)c2ccco2)cc1[N+](=O)[O-]. The van der Waals surface area contributed by atoms with Crippen LogP contribution in [-0.2, 0) is 0 Å². The van der Waals surface area contributed by atoms with E-state index < -0.39 is 10.8 Å². The zero-order chi connectivity index (χ0) is 15.4. The van der Waals surface area contributed by atoms with Gasteiger partial charge in [-0.05, 0) is 31.2 Å². The van der Waals surface area contributed by atoms with Gasteiger partial charge in [-0.2, -0.15) is 0 Å². The van der Waals surface area contributed by atoms with Crippen LogP contribution in [0.3, 0.4) is 0 Å². The van der Waals surface area contributed by atoms with Crippen molar-refractivity contribution in [2.45, 2.75) is 13.0 Å². The third-order valence-corrected chi connectivity index (χ3v) is 3.04. The summed E-state index contributed by atoms with van der Waals surface area (Å²) in [5.41, 5.74) is 0.436. The quantitative estimate of drug-likeness (QED) is 0.651. The van der Waals surface area contributed by atoms with Gasteiger partial charge >= 0.3 is 0 Å². The fraction of sp³-hybridized carbons (Fsp3) is 0.214. The average molecular weight is 289 g/mol. The van der Waals surface area contributed by atoms with E-state index in [1.165, 1.54) is 24.5 Å². The molecular formula is C14H15N3O4. The Labute approximate surface area is 121 Å². The lowest BCUT2D eigenvalue weighted by Crippen LogP contribution is -2.26. The van der Waals surface area contributed by atoms with Gasteiger partial charge in [0.2, 0.25) is 0 Å². The predicted molar refractivity (Wildman–Crippen MR) is 77.2 cm³/mol. The Balaban J connectivity index is 2.19. The van der Waals surface area contributed by atoms with Crippen molar-refractivity contribution in [1.29, 1.82) is 0 Å². The Morgan fingerprint density at radius 1 is 1.38 bits per heavy atom. The highest BCUT2D eigenvalue weighted by Crippen LogP contribution is 2.25. The van der Waals surface area contributed by atoms with Crippen LogP contribution in [0.2, 0.25) is 0 Å². The summed E-state index contributed by atoms with van der Waals surface area (Å²) in [6.45, 7) is 1.77. The number of benzene rings is 1. The summed E-state index contributed by atoms with van der Waals surface area (Å²) in [6.07, 6.45) is 1.52. The lowest BCUT2D eigenvalue weighted by atomic mass is 10.1. The zero-order valence-electron chi connectivity index (χ0n) is 11.6. The number of nitro groups is 1. The molecule has 0 aliphatic heterocycles. The highest BCUT2D eigenvalue weighted by atomic mass is 16.6. The number of nitrogens with zero attached hydrogens (tertiary/aromatic N) is 1. The smallest absolute Gasteiger partial charge is 0.293 e. The van der Waals surface area contributed by atoms with E-state index >= 15 is 0 Å². The van der Waals surface area contributed by atoms with E-state index in [-0.39, 0.29) is 17.3 Å². The minimum absolute atomic E-state index is 0.143. The molecule has 110 valence electrons. The standard InChI is InChI=1S/C14H15N3O4/c1-9(13-4-3-7-21-13)16-14(18)10-5-6-11(15-2)12(8-10)17(19)20/h3-9,15H,1-2H3,(H,16,18)/t9-/m0/s1. The molecule has 7 nitrogen and oxygen atoms in total. The fourth-order valence-corrected chi connectivity index (χ4v) is 1.92. The minimum atomic E-state index is -0.529. The molecule has 1 amide bonds. The molecular weight excluding hydrogens is 274 g/mol. The number of hydrogen-bond donors (Lipinski definition) is 2. The number of anilines is 1. The highest BCUT2D eigenvalue weighted by Gasteiger charge is 2.18. The Morgan fingerprint density at radius 3 is 2.71 bits per heavy atom. The lowest BCUT2D eigenvalue weighted by Gasteiger charge is -2.12. The number of amides is 1.